The van der Waals surface area contributed by atoms with Crippen molar-refractivity contribution in [3.63, 3.8) is 0 Å². The molecule has 0 radical (unpaired) electrons. The number of amides is 2. The maximum absolute atomic E-state index is 12.3. The average Bonchev–Trinajstić information content (AvgIpc) is 4.18. The molecule has 0 atom stereocenters. The highest BCUT2D eigenvalue weighted by Gasteiger charge is 2.25. The third kappa shape index (κ3) is 10.4. The van der Waals surface area contributed by atoms with Gasteiger partial charge in [0.15, 0.2) is 22.9 Å². The molecular formula is C48H49BrN10O2. The molecule has 7 aromatic rings. The van der Waals surface area contributed by atoms with E-state index in [1.165, 1.54) is 0 Å². The van der Waals surface area contributed by atoms with Crippen LogP contribution in [0.2, 0.25) is 0 Å². The van der Waals surface area contributed by atoms with Crippen molar-refractivity contribution in [1.82, 2.24) is 39.4 Å². The Morgan fingerprint density at radius 2 is 1.13 bits per heavy atom. The van der Waals surface area contributed by atoms with E-state index >= 15 is 0 Å². The van der Waals surface area contributed by atoms with Gasteiger partial charge in [-0.3, -0.25) is 18.4 Å². The minimum atomic E-state index is -0.0185. The summed E-state index contributed by atoms with van der Waals surface area (Å²) >= 11 is 3.49. The maximum atomic E-state index is 12.3. The number of carbonyl (C=O) groups excluding carboxylic acids is 2. The van der Waals surface area contributed by atoms with Gasteiger partial charge >= 0.3 is 0 Å². The average molecular weight is 878 g/mol. The lowest BCUT2D eigenvalue weighted by molar-refractivity contribution is 0.0942. The smallest absolute Gasteiger partial charge is 0.251 e. The first-order chi connectivity index (χ1) is 29.6. The lowest BCUT2D eigenvalue weighted by Crippen LogP contribution is -2.25. The monoisotopic (exact) mass is 876 g/mol. The van der Waals surface area contributed by atoms with E-state index in [1.807, 2.05) is 112 Å². The summed E-state index contributed by atoms with van der Waals surface area (Å²) in [6, 6.07) is 25.9. The van der Waals surface area contributed by atoms with Crippen molar-refractivity contribution < 1.29 is 9.59 Å². The predicted molar refractivity (Wildman–Crippen MR) is 245 cm³/mol. The summed E-state index contributed by atoms with van der Waals surface area (Å²) in [6.07, 6.45) is 11.8. The van der Waals surface area contributed by atoms with E-state index < -0.39 is 0 Å². The normalized spacial score (nSPS) is 13.4. The minimum Gasteiger partial charge on any atom is -0.367 e. The van der Waals surface area contributed by atoms with Crippen LogP contribution in [-0.2, 0) is 0 Å². The molecule has 2 aliphatic rings. The quantitative estimate of drug-likeness (QED) is 0.0893. The second-order valence-electron chi connectivity index (χ2n) is 16.4. The van der Waals surface area contributed by atoms with Gasteiger partial charge in [0, 0.05) is 65.4 Å². The highest BCUT2D eigenvalue weighted by Crippen LogP contribution is 2.28. The number of imidazole rings is 2. The van der Waals surface area contributed by atoms with E-state index in [0.717, 1.165) is 88.6 Å². The van der Waals surface area contributed by atoms with Crippen molar-refractivity contribution >= 4 is 50.7 Å². The topological polar surface area (TPSA) is 143 Å². The van der Waals surface area contributed by atoms with Crippen molar-refractivity contribution in [2.75, 3.05) is 23.7 Å². The second-order valence-corrected chi connectivity index (χ2v) is 17.2. The molecule has 2 amide bonds. The molecule has 2 aliphatic carbocycles. The molecule has 12 nitrogen and oxygen atoms in total. The Bertz CT molecular complexity index is 2720. The van der Waals surface area contributed by atoms with Crippen LogP contribution in [0.4, 0.5) is 11.6 Å². The molecule has 3 aromatic carbocycles. The molecule has 4 aromatic heterocycles. The minimum absolute atomic E-state index is 0.00527. The van der Waals surface area contributed by atoms with Gasteiger partial charge in [-0.15, -0.1) is 0 Å². The maximum Gasteiger partial charge on any atom is 0.251 e. The number of benzene rings is 3. The van der Waals surface area contributed by atoms with Crippen molar-refractivity contribution in [2.45, 2.75) is 65.5 Å². The van der Waals surface area contributed by atoms with Crippen LogP contribution in [0.3, 0.4) is 0 Å². The molecule has 0 saturated heterocycles. The van der Waals surface area contributed by atoms with Crippen LogP contribution in [0.1, 0.15) is 85.4 Å². The number of rotatable bonds is 12. The number of hydrogen-bond donors (Lipinski definition) is 4. The first-order valence-corrected chi connectivity index (χ1v) is 21.7. The number of anilines is 2. The second kappa shape index (κ2) is 18.4. The van der Waals surface area contributed by atoms with E-state index in [1.54, 1.807) is 0 Å². The van der Waals surface area contributed by atoms with Gasteiger partial charge in [-0.1, -0.05) is 76.1 Å². The van der Waals surface area contributed by atoms with Crippen LogP contribution in [0.5, 0.6) is 0 Å². The Morgan fingerprint density at radius 1 is 0.656 bits per heavy atom. The molecule has 0 aliphatic heterocycles. The molecule has 310 valence electrons. The molecule has 4 heterocycles. The van der Waals surface area contributed by atoms with Crippen molar-refractivity contribution in [3.05, 3.63) is 131 Å². The van der Waals surface area contributed by atoms with Gasteiger partial charge in [0.25, 0.3) is 11.8 Å². The number of hydrogen-bond acceptors (Lipinski definition) is 8. The first-order valence-electron chi connectivity index (χ1n) is 20.9. The van der Waals surface area contributed by atoms with Crippen LogP contribution in [-0.4, -0.2) is 65.7 Å². The zero-order valence-electron chi connectivity index (χ0n) is 34.7. The molecule has 0 spiro atoms. The van der Waals surface area contributed by atoms with Crippen molar-refractivity contribution in [2.24, 2.45) is 11.8 Å². The van der Waals surface area contributed by atoms with Crippen LogP contribution in [0.25, 0.3) is 33.8 Å². The fourth-order valence-corrected chi connectivity index (χ4v) is 6.89. The third-order valence-electron chi connectivity index (χ3n) is 10.1. The highest BCUT2D eigenvalue weighted by atomic mass is 79.9. The summed E-state index contributed by atoms with van der Waals surface area (Å²) < 4.78 is 4.77. The molecule has 2 saturated carbocycles. The third-order valence-corrected chi connectivity index (χ3v) is 10.5. The van der Waals surface area contributed by atoms with Crippen LogP contribution < -0.4 is 21.3 Å². The number of carbonyl (C=O) groups is 2. The zero-order chi connectivity index (χ0) is 42.5. The lowest BCUT2D eigenvalue weighted by Gasteiger charge is -2.11. The summed E-state index contributed by atoms with van der Waals surface area (Å²) in [4.78, 5) is 43.0. The number of halogens is 1. The lowest BCUT2D eigenvalue weighted by atomic mass is 10.1. The molecule has 61 heavy (non-hydrogen) atoms. The standard InChI is InChI=1S/C28H27N5O.C20H22BrN5O/c1-19(2)16-29-26-27-30-17-25(21-9-11-22(12-10-21)28(34)32-23-14-15-23)33(27)18-24(31-26)13-8-20-6-4-3-5-7-20;1-12(2)9-22-18-19-23-10-16(26(19)11-17(21)25-18)13-3-5-14(6-4-13)20(27)24-15-7-8-15/h3-7,9-12,17-19,23H,14-16H2,1-2H3,(H,29,31)(H,32,34);3-6,10-12,15H,7-9H2,1-2H3,(H,22,25)(H,24,27). The van der Waals surface area contributed by atoms with E-state index in [-0.39, 0.29) is 11.8 Å². The largest absolute Gasteiger partial charge is 0.367 e. The van der Waals surface area contributed by atoms with E-state index in [9.17, 15) is 9.59 Å². The van der Waals surface area contributed by atoms with Gasteiger partial charge in [0.2, 0.25) is 0 Å². The molecule has 9 rings (SSSR count). The molecule has 13 heteroatoms. The summed E-state index contributed by atoms with van der Waals surface area (Å²) in [6.45, 7) is 10.2. The van der Waals surface area contributed by atoms with Crippen molar-refractivity contribution in [1.29, 1.82) is 0 Å². The zero-order valence-corrected chi connectivity index (χ0v) is 36.3. The van der Waals surface area contributed by atoms with Gasteiger partial charge in [-0.2, -0.15) is 0 Å². The van der Waals surface area contributed by atoms with E-state index in [0.29, 0.717) is 46.6 Å². The molecule has 0 unspecified atom stereocenters. The van der Waals surface area contributed by atoms with E-state index in [4.69, 9.17) is 4.98 Å². The Labute approximate surface area is 364 Å². The predicted octanol–water partition coefficient (Wildman–Crippen LogP) is 8.88. The fourth-order valence-electron chi connectivity index (χ4n) is 6.51. The van der Waals surface area contributed by atoms with Crippen LogP contribution >= 0.6 is 15.9 Å². The van der Waals surface area contributed by atoms with Crippen molar-refractivity contribution in [3.8, 4) is 34.4 Å². The highest BCUT2D eigenvalue weighted by molar-refractivity contribution is 9.10. The summed E-state index contributed by atoms with van der Waals surface area (Å²) in [7, 11) is 0. The Morgan fingerprint density at radius 3 is 1.61 bits per heavy atom. The summed E-state index contributed by atoms with van der Waals surface area (Å²) in [5.41, 5.74) is 8.31. The van der Waals surface area contributed by atoms with Gasteiger partial charge < -0.3 is 21.3 Å². The first kappa shape index (κ1) is 41.2. The van der Waals surface area contributed by atoms with Crippen LogP contribution in [0.15, 0.2) is 108 Å². The van der Waals surface area contributed by atoms with Gasteiger partial charge in [0.05, 0.1) is 23.8 Å². The van der Waals surface area contributed by atoms with Gasteiger partial charge in [-0.05, 0) is 95.8 Å². The van der Waals surface area contributed by atoms with E-state index in [2.05, 4.69) is 91.7 Å². The number of nitrogens with one attached hydrogen (secondary N) is 4. The van der Waals surface area contributed by atoms with Crippen LogP contribution in [0, 0.1) is 23.7 Å². The molecule has 2 fully saturated rings. The summed E-state index contributed by atoms with van der Waals surface area (Å²) in [5, 5.41) is 12.8. The van der Waals surface area contributed by atoms with Gasteiger partial charge in [0.1, 0.15) is 10.3 Å². The SMILES string of the molecule is CC(C)CNc1nc(Br)cn2c(-c3ccc(C(=O)NC4CC4)cc3)cnc12.CC(C)CNc1nc(C#Cc2ccccc2)cn2c(-c3ccc(C(=O)NC4CC4)cc3)cnc12. The van der Waals surface area contributed by atoms with Gasteiger partial charge in [-0.25, -0.2) is 19.9 Å². The number of aromatic nitrogens is 6. The Hall–Kier alpha value is -6.52. The molecular weight excluding hydrogens is 828 g/mol. The molecule has 4 N–H and O–H groups in total. The summed E-state index contributed by atoms with van der Waals surface area (Å²) in [5.74, 6) is 8.80. The fraction of sp³-hybridized carbons (Fsp3) is 0.292. The number of fused-ring (bicyclic) bond motifs is 2. The number of nitrogens with zero attached hydrogens (tertiary/aromatic N) is 6. The molecule has 0 bridgehead atoms. The Balaban J connectivity index is 0.000000173. The Kier molecular flexibility index (Phi) is 12.4.